The second-order valence-electron chi connectivity index (χ2n) is 4.85. The minimum Gasteiger partial charge on any atom is -0.462 e. The Hall–Kier alpha value is -0.410. The second kappa shape index (κ2) is 6.78. The summed E-state index contributed by atoms with van der Waals surface area (Å²) in [6.45, 7) is 1.28. The van der Waals surface area contributed by atoms with E-state index in [4.69, 9.17) is 26.2 Å². The van der Waals surface area contributed by atoms with Crippen LogP contribution in [0.1, 0.15) is 5.56 Å². The molecule has 0 unspecified atom stereocenters. The first-order valence-corrected chi connectivity index (χ1v) is 7.45. The molecular weight excluding hydrogens is 367 g/mol. The van der Waals surface area contributed by atoms with Crippen LogP contribution in [0.5, 0.6) is 5.75 Å². The van der Waals surface area contributed by atoms with Crippen LogP contribution < -0.4 is 4.74 Å². The van der Waals surface area contributed by atoms with Gasteiger partial charge in [0.1, 0.15) is 30.2 Å². The Labute approximate surface area is 135 Å². The fourth-order valence-electron chi connectivity index (χ4n) is 2.06. The standard InChI is InChI=1S/C13H16BrClO6/c1-5-2-6(3-7(14)9(5)15)20-13-12(19)11(18)10(17)8(4-16)21-13/h2-3,8,10-13,16-19H,4H2,1H3/t8-,10-,11+,12-,13-/m1/s1. The average molecular weight is 384 g/mol. The van der Waals surface area contributed by atoms with Crippen molar-refractivity contribution < 1.29 is 29.9 Å². The van der Waals surface area contributed by atoms with E-state index in [0.29, 0.717) is 15.2 Å². The summed E-state index contributed by atoms with van der Waals surface area (Å²) in [6, 6.07) is 3.24. The van der Waals surface area contributed by atoms with Crippen molar-refractivity contribution in [3.8, 4) is 5.75 Å². The van der Waals surface area contributed by atoms with Gasteiger partial charge in [-0.15, -0.1) is 0 Å². The molecule has 8 heteroatoms. The molecule has 0 aromatic heterocycles. The summed E-state index contributed by atoms with van der Waals surface area (Å²) in [5.41, 5.74) is 0.755. The summed E-state index contributed by atoms with van der Waals surface area (Å²) >= 11 is 9.30. The summed E-state index contributed by atoms with van der Waals surface area (Å²) in [5, 5.41) is 38.9. The quantitative estimate of drug-likeness (QED) is 0.610. The largest absolute Gasteiger partial charge is 0.462 e. The maximum atomic E-state index is 9.90. The maximum Gasteiger partial charge on any atom is 0.229 e. The molecule has 1 aliphatic heterocycles. The summed E-state index contributed by atoms with van der Waals surface area (Å²) in [4.78, 5) is 0. The predicted octanol–water partition coefficient (Wildman–Crippen LogP) is 0.590. The van der Waals surface area contributed by atoms with E-state index in [0.717, 1.165) is 5.56 Å². The van der Waals surface area contributed by atoms with Crippen LogP contribution >= 0.6 is 27.5 Å². The first-order chi connectivity index (χ1) is 9.85. The predicted molar refractivity (Wildman–Crippen MR) is 78.3 cm³/mol. The Balaban J connectivity index is 2.18. The summed E-state index contributed by atoms with van der Waals surface area (Å²) in [7, 11) is 0. The van der Waals surface area contributed by atoms with Gasteiger partial charge in [-0.3, -0.25) is 0 Å². The smallest absolute Gasteiger partial charge is 0.229 e. The monoisotopic (exact) mass is 382 g/mol. The highest BCUT2D eigenvalue weighted by molar-refractivity contribution is 9.10. The lowest BCUT2D eigenvalue weighted by molar-refractivity contribution is -0.277. The van der Waals surface area contributed by atoms with Crippen molar-refractivity contribution in [1.82, 2.24) is 0 Å². The van der Waals surface area contributed by atoms with Gasteiger partial charge in [0, 0.05) is 4.47 Å². The highest BCUT2D eigenvalue weighted by atomic mass is 79.9. The molecule has 4 N–H and O–H groups in total. The molecule has 0 radical (unpaired) electrons. The van der Waals surface area contributed by atoms with Crippen LogP contribution in [0.15, 0.2) is 16.6 Å². The van der Waals surface area contributed by atoms with Gasteiger partial charge in [0.15, 0.2) is 0 Å². The molecule has 6 nitrogen and oxygen atoms in total. The van der Waals surface area contributed by atoms with Crippen LogP contribution in [0.2, 0.25) is 5.02 Å². The molecule has 0 amide bonds. The van der Waals surface area contributed by atoms with E-state index >= 15 is 0 Å². The summed E-state index contributed by atoms with van der Waals surface area (Å²) < 4.78 is 11.4. The number of hydrogen-bond donors (Lipinski definition) is 4. The number of halogens is 2. The van der Waals surface area contributed by atoms with Crippen molar-refractivity contribution in [2.45, 2.75) is 37.6 Å². The van der Waals surface area contributed by atoms with Crippen molar-refractivity contribution in [1.29, 1.82) is 0 Å². The molecule has 1 heterocycles. The Morgan fingerprint density at radius 1 is 1.24 bits per heavy atom. The number of hydrogen-bond acceptors (Lipinski definition) is 6. The maximum absolute atomic E-state index is 9.90. The highest BCUT2D eigenvalue weighted by Crippen LogP contribution is 2.32. The molecule has 0 spiro atoms. The van der Waals surface area contributed by atoms with Crippen LogP contribution in [0, 0.1) is 6.92 Å². The molecule has 5 atom stereocenters. The average Bonchev–Trinajstić information content (AvgIpc) is 2.45. The summed E-state index contributed by atoms with van der Waals surface area (Å²) in [6.07, 6.45) is -6.56. The third-order valence-corrected chi connectivity index (χ3v) is 4.64. The molecule has 118 valence electrons. The molecular formula is C13H16BrClO6. The zero-order valence-electron chi connectivity index (χ0n) is 11.1. The molecule has 0 bridgehead atoms. The van der Waals surface area contributed by atoms with Crippen molar-refractivity contribution in [3.63, 3.8) is 0 Å². The van der Waals surface area contributed by atoms with Gasteiger partial charge in [-0.1, -0.05) is 11.6 Å². The third kappa shape index (κ3) is 3.50. The van der Waals surface area contributed by atoms with Gasteiger partial charge in [0.2, 0.25) is 6.29 Å². The lowest BCUT2D eigenvalue weighted by atomic mass is 9.99. The molecule has 1 fully saturated rings. The number of aliphatic hydroxyl groups is 4. The number of ether oxygens (including phenoxy) is 2. The van der Waals surface area contributed by atoms with Gasteiger partial charge in [0.25, 0.3) is 0 Å². The Morgan fingerprint density at radius 3 is 2.48 bits per heavy atom. The topological polar surface area (TPSA) is 99.4 Å². The normalized spacial score (nSPS) is 33.0. The lowest BCUT2D eigenvalue weighted by Gasteiger charge is -2.39. The van der Waals surface area contributed by atoms with Crippen LogP contribution in [0.3, 0.4) is 0 Å². The van der Waals surface area contributed by atoms with E-state index in [1.807, 2.05) is 0 Å². The van der Waals surface area contributed by atoms with Crippen LogP contribution in [-0.2, 0) is 4.74 Å². The fourth-order valence-corrected chi connectivity index (χ4v) is 2.71. The molecule has 0 aliphatic carbocycles. The van der Waals surface area contributed by atoms with Gasteiger partial charge >= 0.3 is 0 Å². The third-order valence-electron chi connectivity index (χ3n) is 3.28. The number of aryl methyl sites for hydroxylation is 1. The second-order valence-corrected chi connectivity index (χ2v) is 6.08. The Morgan fingerprint density at radius 2 is 1.90 bits per heavy atom. The van der Waals surface area contributed by atoms with Crippen molar-refractivity contribution in [3.05, 3.63) is 27.2 Å². The molecule has 2 rings (SSSR count). The minimum absolute atomic E-state index is 0.369. The molecule has 1 aromatic rings. The van der Waals surface area contributed by atoms with E-state index in [2.05, 4.69) is 15.9 Å². The van der Waals surface area contributed by atoms with Gasteiger partial charge in [-0.25, -0.2) is 0 Å². The van der Waals surface area contributed by atoms with Crippen molar-refractivity contribution in [2.75, 3.05) is 6.61 Å². The number of benzene rings is 1. The van der Waals surface area contributed by atoms with E-state index in [1.54, 1.807) is 19.1 Å². The van der Waals surface area contributed by atoms with Gasteiger partial charge in [-0.05, 0) is 40.5 Å². The van der Waals surface area contributed by atoms with Crippen molar-refractivity contribution >= 4 is 27.5 Å². The minimum atomic E-state index is -1.47. The first kappa shape index (κ1) is 17.0. The Bertz CT molecular complexity index is 488. The zero-order chi connectivity index (χ0) is 15.7. The van der Waals surface area contributed by atoms with Gasteiger partial charge < -0.3 is 29.9 Å². The van der Waals surface area contributed by atoms with E-state index in [1.165, 1.54) is 0 Å². The molecule has 1 aliphatic rings. The van der Waals surface area contributed by atoms with Crippen LogP contribution in [0.4, 0.5) is 0 Å². The molecule has 21 heavy (non-hydrogen) atoms. The Kier molecular flexibility index (Phi) is 5.48. The lowest BCUT2D eigenvalue weighted by Crippen LogP contribution is -2.60. The molecule has 0 saturated carbocycles. The number of aliphatic hydroxyl groups excluding tert-OH is 4. The van der Waals surface area contributed by atoms with E-state index in [9.17, 15) is 15.3 Å². The zero-order valence-corrected chi connectivity index (χ0v) is 13.5. The van der Waals surface area contributed by atoms with Crippen molar-refractivity contribution in [2.24, 2.45) is 0 Å². The first-order valence-electron chi connectivity index (χ1n) is 6.28. The highest BCUT2D eigenvalue weighted by Gasteiger charge is 2.44. The number of rotatable bonds is 3. The molecule has 1 aromatic carbocycles. The van der Waals surface area contributed by atoms with E-state index < -0.39 is 37.3 Å². The fraction of sp³-hybridized carbons (Fsp3) is 0.538. The van der Waals surface area contributed by atoms with E-state index in [-0.39, 0.29) is 0 Å². The van der Waals surface area contributed by atoms with Crippen LogP contribution in [-0.4, -0.2) is 57.7 Å². The van der Waals surface area contributed by atoms with Gasteiger partial charge in [-0.2, -0.15) is 0 Å². The van der Waals surface area contributed by atoms with Gasteiger partial charge in [0.05, 0.1) is 11.6 Å². The van der Waals surface area contributed by atoms with Crippen LogP contribution in [0.25, 0.3) is 0 Å². The SMILES string of the molecule is Cc1cc(O[C@@H]2O[C@H](CO)[C@@H](O)[C@H](O)[C@H]2O)cc(Br)c1Cl. The molecule has 1 saturated heterocycles. The summed E-state index contributed by atoms with van der Waals surface area (Å²) in [5.74, 6) is 0.369.